The number of hydrogen-bond donors (Lipinski definition) is 0. The van der Waals surface area contributed by atoms with Gasteiger partial charge in [-0.2, -0.15) is 0 Å². The van der Waals surface area contributed by atoms with Crippen molar-refractivity contribution in [2.45, 2.75) is 39.7 Å². The Bertz CT molecular complexity index is 589. The van der Waals surface area contributed by atoms with Crippen LogP contribution >= 0.6 is 0 Å². The van der Waals surface area contributed by atoms with E-state index in [-0.39, 0.29) is 22.9 Å². The summed E-state index contributed by atoms with van der Waals surface area (Å²) >= 11 is 0. The van der Waals surface area contributed by atoms with Crippen LogP contribution in [0.15, 0.2) is 12.1 Å². The van der Waals surface area contributed by atoms with E-state index in [9.17, 15) is 19.3 Å². The summed E-state index contributed by atoms with van der Waals surface area (Å²) in [6.45, 7) is 5.98. The number of halogens is 1. The topological polar surface area (TPSA) is 63.5 Å². The molecule has 2 rings (SSSR count). The molecule has 2 atom stereocenters. The lowest BCUT2D eigenvalue weighted by Gasteiger charge is -2.38. The van der Waals surface area contributed by atoms with Crippen LogP contribution < -0.4 is 0 Å². The van der Waals surface area contributed by atoms with E-state index in [0.29, 0.717) is 12.5 Å². The zero-order valence-corrected chi connectivity index (χ0v) is 12.4. The van der Waals surface area contributed by atoms with E-state index < -0.39 is 16.6 Å². The molecule has 1 aromatic carbocycles. The third-order valence-corrected chi connectivity index (χ3v) is 4.31. The number of aryl methyl sites for hydroxylation is 1. The predicted octanol–water partition coefficient (Wildman–Crippen LogP) is 3.30. The van der Waals surface area contributed by atoms with Gasteiger partial charge in [0.1, 0.15) is 5.82 Å². The summed E-state index contributed by atoms with van der Waals surface area (Å²) in [4.78, 5) is 24.5. The highest BCUT2D eigenvalue weighted by molar-refractivity contribution is 5.95. The number of amides is 1. The quantitative estimate of drug-likeness (QED) is 0.621. The van der Waals surface area contributed by atoms with Crippen LogP contribution in [0.3, 0.4) is 0 Å². The van der Waals surface area contributed by atoms with Crippen LogP contribution in [-0.2, 0) is 0 Å². The number of nitro benzene ring substituents is 1. The van der Waals surface area contributed by atoms with Gasteiger partial charge < -0.3 is 4.90 Å². The molecule has 1 aliphatic heterocycles. The highest BCUT2D eigenvalue weighted by Crippen LogP contribution is 2.27. The average molecular weight is 294 g/mol. The number of non-ortho nitro benzene ring substituents is 1. The molecule has 0 spiro atoms. The summed E-state index contributed by atoms with van der Waals surface area (Å²) < 4.78 is 14.2. The molecular weight excluding hydrogens is 275 g/mol. The third kappa shape index (κ3) is 2.89. The van der Waals surface area contributed by atoms with E-state index in [1.807, 2.05) is 6.92 Å². The molecule has 1 fully saturated rings. The van der Waals surface area contributed by atoms with Gasteiger partial charge in [0.2, 0.25) is 0 Å². The average Bonchev–Trinajstić information content (AvgIpc) is 2.43. The Morgan fingerprint density at radius 2 is 2.10 bits per heavy atom. The standard InChI is InChI=1S/C15H19FN2O3/c1-9-5-4-6-17(11(9)3)15(19)13-8-12(18(20)21)7-10(2)14(13)16/h7-9,11H,4-6H2,1-3H3. The second kappa shape index (κ2) is 5.79. The van der Waals surface area contributed by atoms with E-state index in [0.717, 1.165) is 25.0 Å². The van der Waals surface area contributed by atoms with Gasteiger partial charge in [-0.15, -0.1) is 0 Å². The number of likely N-dealkylation sites (tertiary alicyclic amines) is 1. The van der Waals surface area contributed by atoms with E-state index in [1.54, 1.807) is 4.90 Å². The van der Waals surface area contributed by atoms with Crippen LogP contribution in [0, 0.1) is 28.8 Å². The number of carbonyl (C=O) groups is 1. The summed E-state index contributed by atoms with van der Waals surface area (Å²) in [6, 6.07) is 2.19. The second-order valence-electron chi connectivity index (χ2n) is 5.74. The Morgan fingerprint density at radius 1 is 1.43 bits per heavy atom. The third-order valence-electron chi connectivity index (χ3n) is 4.31. The number of nitrogens with zero attached hydrogens (tertiary/aromatic N) is 2. The summed E-state index contributed by atoms with van der Waals surface area (Å²) in [5, 5.41) is 10.9. The van der Waals surface area contributed by atoms with Crippen LogP contribution in [0.4, 0.5) is 10.1 Å². The maximum atomic E-state index is 14.2. The Balaban J connectivity index is 2.41. The van der Waals surface area contributed by atoms with Crippen LogP contribution in [-0.4, -0.2) is 28.3 Å². The summed E-state index contributed by atoms with van der Waals surface area (Å²) in [5.41, 5.74) is -0.345. The van der Waals surface area contributed by atoms with Crippen molar-refractivity contribution in [3.8, 4) is 0 Å². The number of hydrogen-bond acceptors (Lipinski definition) is 3. The van der Waals surface area contributed by atoms with Gasteiger partial charge in [0.25, 0.3) is 11.6 Å². The molecule has 0 radical (unpaired) electrons. The van der Waals surface area contributed by atoms with Crippen LogP contribution in [0.1, 0.15) is 42.6 Å². The van der Waals surface area contributed by atoms with Gasteiger partial charge in [-0.3, -0.25) is 14.9 Å². The van der Waals surface area contributed by atoms with E-state index in [1.165, 1.54) is 6.92 Å². The molecule has 0 saturated carbocycles. The predicted molar refractivity (Wildman–Crippen MR) is 76.7 cm³/mol. The highest BCUT2D eigenvalue weighted by Gasteiger charge is 2.31. The molecule has 0 aromatic heterocycles. The second-order valence-corrected chi connectivity index (χ2v) is 5.74. The minimum atomic E-state index is -0.670. The lowest BCUT2D eigenvalue weighted by atomic mass is 9.91. The van der Waals surface area contributed by atoms with Crippen LogP contribution in [0.2, 0.25) is 0 Å². The molecule has 1 saturated heterocycles. The lowest BCUT2D eigenvalue weighted by Crippen LogP contribution is -2.46. The molecule has 0 N–H and O–H groups in total. The molecule has 2 unspecified atom stereocenters. The fraction of sp³-hybridized carbons (Fsp3) is 0.533. The fourth-order valence-corrected chi connectivity index (χ4v) is 2.79. The number of piperidine rings is 1. The van der Waals surface area contributed by atoms with E-state index in [4.69, 9.17) is 0 Å². The largest absolute Gasteiger partial charge is 0.336 e. The molecule has 1 heterocycles. The van der Waals surface area contributed by atoms with Gasteiger partial charge >= 0.3 is 0 Å². The van der Waals surface area contributed by atoms with Gasteiger partial charge in [0, 0.05) is 24.7 Å². The van der Waals surface area contributed by atoms with Gasteiger partial charge in [0.15, 0.2) is 0 Å². The van der Waals surface area contributed by atoms with Crippen LogP contribution in [0.5, 0.6) is 0 Å². The molecule has 5 nitrogen and oxygen atoms in total. The van der Waals surface area contributed by atoms with Crippen LogP contribution in [0.25, 0.3) is 0 Å². The van der Waals surface area contributed by atoms with Crippen molar-refractivity contribution < 1.29 is 14.1 Å². The zero-order valence-electron chi connectivity index (χ0n) is 12.4. The molecule has 0 bridgehead atoms. The smallest absolute Gasteiger partial charge is 0.270 e. The van der Waals surface area contributed by atoms with Gasteiger partial charge in [-0.25, -0.2) is 4.39 Å². The minimum absolute atomic E-state index is 0.00483. The monoisotopic (exact) mass is 294 g/mol. The highest BCUT2D eigenvalue weighted by atomic mass is 19.1. The molecular formula is C15H19FN2O3. The van der Waals surface area contributed by atoms with E-state index in [2.05, 4.69) is 6.92 Å². The Hall–Kier alpha value is -1.98. The van der Waals surface area contributed by atoms with Gasteiger partial charge in [0.05, 0.1) is 10.5 Å². The zero-order chi connectivity index (χ0) is 15.7. The SMILES string of the molecule is Cc1cc([N+](=O)[O-])cc(C(=O)N2CCCC(C)C2C)c1F. The number of benzene rings is 1. The minimum Gasteiger partial charge on any atom is -0.336 e. The van der Waals surface area contributed by atoms with Gasteiger partial charge in [-0.1, -0.05) is 6.92 Å². The maximum absolute atomic E-state index is 14.2. The molecule has 21 heavy (non-hydrogen) atoms. The maximum Gasteiger partial charge on any atom is 0.270 e. The summed E-state index contributed by atoms with van der Waals surface area (Å²) in [6.07, 6.45) is 1.90. The Labute approximate surface area is 122 Å². The number of rotatable bonds is 2. The lowest BCUT2D eigenvalue weighted by molar-refractivity contribution is -0.385. The Morgan fingerprint density at radius 3 is 2.71 bits per heavy atom. The molecule has 114 valence electrons. The fourth-order valence-electron chi connectivity index (χ4n) is 2.79. The van der Waals surface area contributed by atoms with E-state index >= 15 is 0 Å². The number of nitro groups is 1. The molecule has 1 aromatic rings. The van der Waals surface area contributed by atoms with Gasteiger partial charge in [-0.05, 0) is 38.2 Å². The first kappa shape index (κ1) is 15.4. The summed E-state index contributed by atoms with van der Waals surface area (Å²) in [5.74, 6) is -0.792. The Kier molecular flexibility index (Phi) is 4.25. The summed E-state index contributed by atoms with van der Waals surface area (Å²) in [7, 11) is 0. The van der Waals surface area contributed by atoms with Crippen molar-refractivity contribution in [1.29, 1.82) is 0 Å². The molecule has 1 amide bonds. The van der Waals surface area contributed by atoms with Crippen molar-refractivity contribution >= 4 is 11.6 Å². The first-order valence-corrected chi connectivity index (χ1v) is 7.08. The first-order chi connectivity index (χ1) is 9.82. The normalized spacial score (nSPS) is 22.2. The molecule has 6 heteroatoms. The van der Waals surface area contributed by atoms with Crippen molar-refractivity contribution in [2.75, 3.05) is 6.54 Å². The van der Waals surface area contributed by atoms with Crippen molar-refractivity contribution in [2.24, 2.45) is 5.92 Å². The molecule has 0 aliphatic carbocycles. The van der Waals surface area contributed by atoms with Crippen molar-refractivity contribution in [3.63, 3.8) is 0 Å². The van der Waals surface area contributed by atoms with Crippen molar-refractivity contribution in [3.05, 3.63) is 39.2 Å². The first-order valence-electron chi connectivity index (χ1n) is 7.08. The van der Waals surface area contributed by atoms with Crippen molar-refractivity contribution in [1.82, 2.24) is 4.90 Å². The number of carbonyl (C=O) groups excluding carboxylic acids is 1. The molecule has 1 aliphatic rings.